The molecule has 1 aliphatic carbocycles. The van der Waals surface area contributed by atoms with E-state index in [0.717, 1.165) is 0 Å². The van der Waals surface area contributed by atoms with Gasteiger partial charge < -0.3 is 5.32 Å². The van der Waals surface area contributed by atoms with Crippen LogP contribution in [-0.4, -0.2) is 7.05 Å². The van der Waals surface area contributed by atoms with Crippen molar-refractivity contribution in [2.45, 2.75) is 20.8 Å². The van der Waals surface area contributed by atoms with Crippen molar-refractivity contribution in [3.05, 3.63) is 47.7 Å². The molecule has 0 bridgehead atoms. The summed E-state index contributed by atoms with van der Waals surface area (Å²) in [6.07, 6.45) is 8.43. The van der Waals surface area contributed by atoms with E-state index >= 15 is 0 Å². The fraction of sp³-hybridized carbons (Fsp3) is 0.429. The molecule has 1 rings (SSSR count). The van der Waals surface area contributed by atoms with E-state index in [9.17, 15) is 0 Å². The van der Waals surface area contributed by atoms with E-state index in [2.05, 4.69) is 50.9 Å². The second-order valence-corrected chi connectivity index (χ2v) is 4.28. The summed E-state index contributed by atoms with van der Waals surface area (Å²) in [5.41, 5.74) is 4.02. The lowest BCUT2D eigenvalue weighted by Gasteiger charge is -2.29. The largest absolute Gasteiger partial charge is 0.394 e. The van der Waals surface area contributed by atoms with E-state index in [1.54, 1.807) is 0 Å². The Kier molecular flexibility index (Phi) is 3.96. The Morgan fingerprint density at radius 3 is 2.53 bits per heavy atom. The fourth-order valence-electron chi connectivity index (χ4n) is 2.08. The van der Waals surface area contributed by atoms with Crippen molar-refractivity contribution in [2.75, 3.05) is 7.05 Å². The molecule has 0 saturated heterocycles. The van der Waals surface area contributed by atoms with E-state index in [4.69, 9.17) is 0 Å². The third-order valence-electron chi connectivity index (χ3n) is 3.18. The van der Waals surface area contributed by atoms with Gasteiger partial charge in [0.15, 0.2) is 0 Å². The van der Waals surface area contributed by atoms with Crippen LogP contribution in [-0.2, 0) is 0 Å². The van der Waals surface area contributed by atoms with Crippen LogP contribution >= 0.6 is 0 Å². The predicted molar refractivity (Wildman–Crippen MR) is 67.5 cm³/mol. The Labute approximate surface area is 93.3 Å². The van der Waals surface area contributed by atoms with E-state index in [1.165, 1.54) is 16.7 Å². The highest BCUT2D eigenvalue weighted by molar-refractivity contribution is 5.36. The van der Waals surface area contributed by atoms with Crippen molar-refractivity contribution in [1.29, 1.82) is 0 Å². The molecule has 0 aromatic rings. The molecule has 1 heteroatoms. The molecule has 1 nitrogen and oxygen atoms in total. The van der Waals surface area contributed by atoms with Crippen LogP contribution in [0, 0.1) is 11.8 Å². The minimum atomic E-state index is 0.458. The van der Waals surface area contributed by atoms with Crippen molar-refractivity contribution in [3.63, 3.8) is 0 Å². The van der Waals surface area contributed by atoms with Gasteiger partial charge in [0.25, 0.3) is 0 Å². The highest BCUT2D eigenvalue weighted by Gasteiger charge is 2.23. The molecule has 0 spiro atoms. The molecule has 0 saturated carbocycles. The first-order valence-corrected chi connectivity index (χ1v) is 5.45. The van der Waals surface area contributed by atoms with Crippen molar-refractivity contribution in [2.24, 2.45) is 11.8 Å². The van der Waals surface area contributed by atoms with E-state index in [1.807, 2.05) is 13.2 Å². The Balaban J connectivity index is 2.86. The first-order chi connectivity index (χ1) is 7.07. The zero-order valence-corrected chi connectivity index (χ0v) is 10.2. The molecular formula is C14H21N. The second kappa shape index (κ2) is 5.01. The topological polar surface area (TPSA) is 12.0 Å². The number of allylic oxidation sites excluding steroid dienone is 6. The minimum absolute atomic E-state index is 0.458. The van der Waals surface area contributed by atoms with Crippen molar-refractivity contribution < 1.29 is 0 Å². The highest BCUT2D eigenvalue weighted by atomic mass is 14.8. The van der Waals surface area contributed by atoms with Crippen molar-refractivity contribution in [1.82, 2.24) is 5.32 Å². The van der Waals surface area contributed by atoms with Gasteiger partial charge in [-0.1, -0.05) is 36.8 Å². The minimum Gasteiger partial charge on any atom is -0.394 e. The smallest absolute Gasteiger partial charge is 0.0106 e. The maximum absolute atomic E-state index is 4.16. The molecule has 0 fully saturated rings. The van der Waals surface area contributed by atoms with E-state index < -0.39 is 0 Å². The molecule has 0 amide bonds. The summed E-state index contributed by atoms with van der Waals surface area (Å²) < 4.78 is 0. The van der Waals surface area contributed by atoms with Crippen molar-refractivity contribution >= 4 is 0 Å². The van der Waals surface area contributed by atoms with Gasteiger partial charge >= 0.3 is 0 Å². The van der Waals surface area contributed by atoms with Gasteiger partial charge in [0, 0.05) is 13.0 Å². The van der Waals surface area contributed by atoms with Crippen LogP contribution in [0.5, 0.6) is 0 Å². The summed E-state index contributed by atoms with van der Waals surface area (Å²) >= 11 is 0. The molecule has 2 atom stereocenters. The Bertz CT molecular complexity index is 331. The number of hydrogen-bond donors (Lipinski definition) is 1. The molecule has 0 heterocycles. The highest BCUT2D eigenvalue weighted by Crippen LogP contribution is 2.35. The fourth-order valence-corrected chi connectivity index (χ4v) is 2.08. The van der Waals surface area contributed by atoms with Gasteiger partial charge in [-0.2, -0.15) is 0 Å². The van der Waals surface area contributed by atoms with Gasteiger partial charge in [0.2, 0.25) is 0 Å². The molecule has 2 unspecified atom stereocenters. The van der Waals surface area contributed by atoms with Gasteiger partial charge in [-0.25, -0.2) is 0 Å². The summed E-state index contributed by atoms with van der Waals surface area (Å²) in [7, 11) is 1.90. The maximum Gasteiger partial charge on any atom is 0.0106 e. The molecule has 1 N–H and O–H groups in total. The van der Waals surface area contributed by atoms with Gasteiger partial charge in [0.05, 0.1) is 0 Å². The lowest BCUT2D eigenvalue weighted by Crippen LogP contribution is -2.18. The first kappa shape index (κ1) is 11.8. The number of nitrogens with one attached hydrogen (secondary N) is 1. The standard InChI is InChI=1S/C14H21N/c1-10-6-7-11(2)14(13(10)4)12(3)8-9-15-5/h6-9,13-15H,3H2,1-2,4-5H3/b9-8-. The lowest BCUT2D eigenvalue weighted by atomic mass is 9.75. The summed E-state index contributed by atoms with van der Waals surface area (Å²) in [5.74, 6) is 1.02. The zero-order chi connectivity index (χ0) is 11.4. The molecule has 0 aromatic heterocycles. The molecule has 1 aliphatic rings. The van der Waals surface area contributed by atoms with E-state index in [0.29, 0.717) is 11.8 Å². The third kappa shape index (κ3) is 2.62. The molecule has 0 aliphatic heterocycles. The third-order valence-corrected chi connectivity index (χ3v) is 3.18. The quantitative estimate of drug-likeness (QED) is 0.693. The molecule has 15 heavy (non-hydrogen) atoms. The molecule has 0 aromatic carbocycles. The Morgan fingerprint density at radius 2 is 1.93 bits per heavy atom. The summed E-state index contributed by atoms with van der Waals surface area (Å²) in [4.78, 5) is 0. The van der Waals surface area contributed by atoms with Crippen LogP contribution < -0.4 is 5.32 Å². The average molecular weight is 203 g/mol. The van der Waals surface area contributed by atoms with Gasteiger partial charge in [-0.3, -0.25) is 0 Å². The maximum atomic E-state index is 4.16. The van der Waals surface area contributed by atoms with Crippen LogP contribution in [0.2, 0.25) is 0 Å². The first-order valence-electron chi connectivity index (χ1n) is 5.45. The Hall–Kier alpha value is -1.24. The van der Waals surface area contributed by atoms with Gasteiger partial charge in [-0.15, -0.1) is 0 Å². The number of rotatable bonds is 3. The van der Waals surface area contributed by atoms with Crippen LogP contribution in [0.15, 0.2) is 47.7 Å². The summed E-state index contributed by atoms with van der Waals surface area (Å²) in [6.45, 7) is 10.8. The van der Waals surface area contributed by atoms with Crippen LogP contribution in [0.4, 0.5) is 0 Å². The predicted octanol–water partition coefficient (Wildman–Crippen LogP) is 3.43. The normalized spacial score (nSPS) is 26.1. The van der Waals surface area contributed by atoms with Crippen LogP contribution in [0.3, 0.4) is 0 Å². The van der Waals surface area contributed by atoms with Crippen molar-refractivity contribution in [3.8, 4) is 0 Å². The lowest BCUT2D eigenvalue weighted by molar-refractivity contribution is 0.528. The molecular weight excluding hydrogens is 182 g/mol. The number of hydrogen-bond acceptors (Lipinski definition) is 1. The van der Waals surface area contributed by atoms with Gasteiger partial charge in [-0.05, 0) is 37.6 Å². The zero-order valence-electron chi connectivity index (χ0n) is 10.2. The molecule has 0 radical (unpaired) electrons. The molecule has 82 valence electrons. The van der Waals surface area contributed by atoms with Crippen LogP contribution in [0.25, 0.3) is 0 Å². The Morgan fingerprint density at radius 1 is 1.33 bits per heavy atom. The SMILES string of the molecule is C=C(/C=C\NC)C1C(C)=CC=C(C)C1C. The summed E-state index contributed by atoms with van der Waals surface area (Å²) in [6, 6.07) is 0. The van der Waals surface area contributed by atoms with E-state index in [-0.39, 0.29) is 0 Å². The summed E-state index contributed by atoms with van der Waals surface area (Å²) in [5, 5.41) is 3.00. The average Bonchev–Trinajstić information content (AvgIpc) is 2.21. The van der Waals surface area contributed by atoms with Crippen LogP contribution in [0.1, 0.15) is 20.8 Å². The van der Waals surface area contributed by atoms with Gasteiger partial charge in [0.1, 0.15) is 0 Å². The monoisotopic (exact) mass is 203 g/mol. The second-order valence-electron chi connectivity index (χ2n) is 4.28.